The first kappa shape index (κ1) is 23.3. The molecule has 4 aromatic rings. The third kappa shape index (κ3) is 4.37. The van der Waals surface area contributed by atoms with E-state index in [2.05, 4.69) is 39.5 Å². The summed E-state index contributed by atoms with van der Waals surface area (Å²) in [5, 5.41) is 4.30. The number of anilines is 1. The predicted octanol–water partition coefficient (Wildman–Crippen LogP) is 4.32. The van der Waals surface area contributed by atoms with E-state index in [-0.39, 0.29) is 11.8 Å². The van der Waals surface area contributed by atoms with Crippen LogP contribution in [0.15, 0.2) is 91.1 Å². The summed E-state index contributed by atoms with van der Waals surface area (Å²) in [5.74, 6) is 0.0103. The largest absolute Gasteiger partial charge is 0.371 e. The van der Waals surface area contributed by atoms with Gasteiger partial charge in [0.2, 0.25) is 11.8 Å². The topological polar surface area (TPSA) is 68.4 Å². The van der Waals surface area contributed by atoms with E-state index in [0.717, 1.165) is 29.9 Å². The SMILES string of the molecule is O=C1C(Cc2ccccc2)NC(=O)C2(CCN(c3ccccc3)CC2)N1CCc1c[nH]c2ccccc12. The molecular weight excluding hydrogens is 460 g/mol. The third-order valence-electron chi connectivity index (χ3n) is 8.08. The molecule has 6 rings (SSSR count). The molecule has 1 atom stereocenters. The zero-order chi connectivity index (χ0) is 25.2. The molecule has 2 N–H and O–H groups in total. The standard InChI is InChI=1S/C31H32N4O2/c36-29-28(21-23-9-3-1-4-10-23)33-30(37)31(16-19-34(20-17-31)25-11-5-2-6-12-25)35(29)18-15-24-22-32-27-14-8-7-13-26(24)27/h1-14,22,28,32H,15-21H2,(H,33,37). The van der Waals surface area contributed by atoms with Gasteiger partial charge in [0, 0.05) is 48.8 Å². The van der Waals surface area contributed by atoms with E-state index in [1.807, 2.05) is 71.8 Å². The molecule has 1 aromatic heterocycles. The number of benzene rings is 3. The second-order valence-electron chi connectivity index (χ2n) is 10.2. The highest BCUT2D eigenvalue weighted by molar-refractivity contribution is 6.00. The van der Waals surface area contributed by atoms with Gasteiger partial charge >= 0.3 is 0 Å². The number of piperazine rings is 1. The summed E-state index contributed by atoms with van der Waals surface area (Å²) in [7, 11) is 0. The molecule has 37 heavy (non-hydrogen) atoms. The molecule has 1 unspecified atom stereocenters. The number of aromatic amines is 1. The molecular formula is C31H32N4O2. The summed E-state index contributed by atoms with van der Waals surface area (Å²) >= 11 is 0. The molecule has 0 saturated carbocycles. The summed E-state index contributed by atoms with van der Waals surface area (Å²) in [6.07, 6.45) is 4.47. The van der Waals surface area contributed by atoms with Gasteiger partial charge in [0.05, 0.1) is 0 Å². The van der Waals surface area contributed by atoms with Crippen molar-refractivity contribution >= 4 is 28.4 Å². The van der Waals surface area contributed by atoms with Crippen molar-refractivity contribution in [3.63, 3.8) is 0 Å². The van der Waals surface area contributed by atoms with E-state index < -0.39 is 11.6 Å². The summed E-state index contributed by atoms with van der Waals surface area (Å²) in [5.41, 5.74) is 3.65. The van der Waals surface area contributed by atoms with Gasteiger partial charge in [-0.1, -0.05) is 66.7 Å². The molecule has 2 aliphatic heterocycles. The molecule has 188 valence electrons. The van der Waals surface area contributed by atoms with Gasteiger partial charge in [-0.2, -0.15) is 0 Å². The van der Waals surface area contributed by atoms with E-state index in [0.29, 0.717) is 32.2 Å². The molecule has 2 amide bonds. The van der Waals surface area contributed by atoms with Gasteiger partial charge in [-0.3, -0.25) is 9.59 Å². The van der Waals surface area contributed by atoms with Crippen LogP contribution in [0.5, 0.6) is 0 Å². The number of nitrogens with zero attached hydrogens (tertiary/aromatic N) is 2. The van der Waals surface area contributed by atoms with E-state index in [1.165, 1.54) is 10.9 Å². The van der Waals surface area contributed by atoms with Crippen LogP contribution < -0.4 is 10.2 Å². The average Bonchev–Trinajstić information content (AvgIpc) is 3.36. The molecule has 6 nitrogen and oxygen atoms in total. The summed E-state index contributed by atoms with van der Waals surface area (Å²) in [6, 6.07) is 27.9. The lowest BCUT2D eigenvalue weighted by Gasteiger charge is -2.52. The Bertz CT molecular complexity index is 1390. The highest BCUT2D eigenvalue weighted by Crippen LogP contribution is 2.35. The number of piperidine rings is 1. The number of hydrogen-bond acceptors (Lipinski definition) is 3. The van der Waals surface area contributed by atoms with E-state index in [9.17, 15) is 9.59 Å². The number of rotatable bonds is 6. The first-order chi connectivity index (χ1) is 18.1. The normalized spacial score (nSPS) is 19.4. The molecule has 0 aliphatic carbocycles. The minimum atomic E-state index is -0.818. The molecule has 1 spiro atoms. The fraction of sp³-hybridized carbons (Fsp3) is 0.290. The first-order valence-electron chi connectivity index (χ1n) is 13.2. The molecule has 0 radical (unpaired) electrons. The van der Waals surface area contributed by atoms with Gasteiger partial charge in [0.25, 0.3) is 0 Å². The number of amides is 2. The Morgan fingerprint density at radius 3 is 2.27 bits per heavy atom. The number of para-hydroxylation sites is 2. The van der Waals surface area contributed by atoms with E-state index >= 15 is 0 Å². The van der Waals surface area contributed by atoms with Crippen molar-refractivity contribution in [3.8, 4) is 0 Å². The number of hydrogen-bond donors (Lipinski definition) is 2. The molecule has 6 heteroatoms. The lowest BCUT2D eigenvalue weighted by Crippen LogP contribution is -2.73. The third-order valence-corrected chi connectivity index (χ3v) is 8.08. The van der Waals surface area contributed by atoms with Gasteiger partial charge in [0.1, 0.15) is 11.6 Å². The van der Waals surface area contributed by atoms with Crippen molar-refractivity contribution in [1.29, 1.82) is 0 Å². The van der Waals surface area contributed by atoms with Crippen molar-refractivity contribution in [2.75, 3.05) is 24.5 Å². The highest BCUT2D eigenvalue weighted by Gasteiger charge is 2.53. The van der Waals surface area contributed by atoms with Crippen LogP contribution in [0.4, 0.5) is 5.69 Å². The van der Waals surface area contributed by atoms with Crippen LogP contribution in [-0.4, -0.2) is 52.9 Å². The second kappa shape index (κ2) is 9.77. The van der Waals surface area contributed by atoms with Crippen molar-refractivity contribution in [2.24, 2.45) is 0 Å². The number of nitrogens with one attached hydrogen (secondary N) is 2. The first-order valence-corrected chi connectivity index (χ1v) is 13.2. The van der Waals surface area contributed by atoms with Crippen LogP contribution >= 0.6 is 0 Å². The molecule has 2 saturated heterocycles. The number of H-pyrrole nitrogens is 1. The molecule has 0 bridgehead atoms. The minimum absolute atomic E-state index is 0.0142. The Hall–Kier alpha value is -4.06. The van der Waals surface area contributed by atoms with E-state index in [4.69, 9.17) is 0 Å². The van der Waals surface area contributed by atoms with E-state index in [1.54, 1.807) is 0 Å². The fourth-order valence-electron chi connectivity index (χ4n) is 6.03. The Labute approximate surface area is 217 Å². The molecule has 3 aromatic carbocycles. The van der Waals surface area contributed by atoms with Crippen LogP contribution in [0.1, 0.15) is 24.0 Å². The number of aromatic nitrogens is 1. The summed E-state index contributed by atoms with van der Waals surface area (Å²) in [4.78, 5) is 35.4. The van der Waals surface area contributed by atoms with Gasteiger partial charge in [-0.15, -0.1) is 0 Å². The van der Waals surface area contributed by atoms with Crippen molar-refractivity contribution < 1.29 is 9.59 Å². The van der Waals surface area contributed by atoms with Gasteiger partial charge in [-0.25, -0.2) is 0 Å². The van der Waals surface area contributed by atoms with Crippen molar-refractivity contribution in [2.45, 2.75) is 37.3 Å². The Morgan fingerprint density at radius 2 is 1.51 bits per heavy atom. The monoisotopic (exact) mass is 492 g/mol. The Morgan fingerprint density at radius 1 is 0.838 bits per heavy atom. The maximum Gasteiger partial charge on any atom is 0.246 e. The van der Waals surface area contributed by atoms with Crippen molar-refractivity contribution in [1.82, 2.24) is 15.2 Å². The van der Waals surface area contributed by atoms with Gasteiger partial charge < -0.3 is 20.1 Å². The maximum absolute atomic E-state index is 14.0. The molecule has 3 heterocycles. The fourth-order valence-corrected chi connectivity index (χ4v) is 6.03. The Kier molecular flexibility index (Phi) is 6.16. The molecule has 2 aliphatic rings. The summed E-state index contributed by atoms with van der Waals surface area (Å²) in [6.45, 7) is 1.99. The van der Waals surface area contributed by atoms with Crippen LogP contribution in [0, 0.1) is 0 Å². The summed E-state index contributed by atoms with van der Waals surface area (Å²) < 4.78 is 0. The number of carbonyl (C=O) groups excluding carboxylic acids is 2. The quantitative estimate of drug-likeness (QED) is 0.421. The minimum Gasteiger partial charge on any atom is -0.371 e. The van der Waals surface area contributed by atoms with Crippen LogP contribution in [0.3, 0.4) is 0 Å². The van der Waals surface area contributed by atoms with Crippen LogP contribution in [0.2, 0.25) is 0 Å². The zero-order valence-electron chi connectivity index (χ0n) is 20.9. The van der Waals surface area contributed by atoms with Crippen LogP contribution in [0.25, 0.3) is 10.9 Å². The zero-order valence-corrected chi connectivity index (χ0v) is 20.9. The van der Waals surface area contributed by atoms with Gasteiger partial charge in [0.15, 0.2) is 0 Å². The maximum atomic E-state index is 14.0. The number of fused-ring (bicyclic) bond motifs is 1. The second-order valence-corrected chi connectivity index (χ2v) is 10.2. The molecule has 2 fully saturated rings. The lowest BCUT2D eigenvalue weighted by atomic mass is 9.80. The predicted molar refractivity (Wildman–Crippen MR) is 146 cm³/mol. The van der Waals surface area contributed by atoms with Gasteiger partial charge in [-0.05, 0) is 48.6 Å². The number of carbonyl (C=O) groups is 2. The lowest BCUT2D eigenvalue weighted by molar-refractivity contribution is -0.159. The average molecular weight is 493 g/mol. The highest BCUT2D eigenvalue weighted by atomic mass is 16.2. The smallest absolute Gasteiger partial charge is 0.246 e. The Balaban J connectivity index is 1.27. The van der Waals surface area contributed by atoms with Crippen molar-refractivity contribution in [3.05, 3.63) is 102 Å². The van der Waals surface area contributed by atoms with Crippen LogP contribution in [-0.2, 0) is 22.4 Å².